The van der Waals surface area contributed by atoms with E-state index in [-0.39, 0.29) is 0 Å². The molecule has 1 atom stereocenters. The van der Waals surface area contributed by atoms with Crippen molar-refractivity contribution in [2.24, 2.45) is 5.73 Å². The van der Waals surface area contributed by atoms with Gasteiger partial charge in [-0.2, -0.15) is 0 Å². The third kappa shape index (κ3) is 15.5. The van der Waals surface area contributed by atoms with Crippen molar-refractivity contribution in [2.45, 2.75) is 52.3 Å². The van der Waals surface area contributed by atoms with E-state index in [1.165, 1.54) is 0 Å². The number of hydrogen-bond donors (Lipinski definition) is 2. The highest BCUT2D eigenvalue weighted by Crippen LogP contribution is 2.06. The molecule has 0 aliphatic carbocycles. The van der Waals surface area contributed by atoms with Crippen LogP contribution in [0.15, 0.2) is 0 Å². The average Bonchev–Trinajstić information content (AvgIpc) is 2.38. The van der Waals surface area contributed by atoms with Crippen LogP contribution in [0.25, 0.3) is 0 Å². The third-order valence-electron chi connectivity index (χ3n) is 2.37. The Morgan fingerprint density at radius 2 is 1.50 bits per heavy atom. The molecule has 0 aliphatic heterocycles. The predicted molar refractivity (Wildman–Crippen MR) is 84.7 cm³/mol. The highest BCUT2D eigenvalue weighted by Gasteiger charge is 2.17. The fourth-order valence-corrected chi connectivity index (χ4v) is 1.43. The van der Waals surface area contributed by atoms with Gasteiger partial charge in [0.2, 0.25) is 0 Å². The van der Waals surface area contributed by atoms with Gasteiger partial charge in [-0.1, -0.05) is 6.92 Å². The molecule has 1 unspecified atom stereocenters. The molecule has 7 heteroatoms. The molecule has 0 radical (unpaired) electrons. The molecule has 1 amide bonds. The van der Waals surface area contributed by atoms with Crippen LogP contribution in [-0.4, -0.2) is 57.5 Å². The first kappa shape index (κ1) is 21.1. The van der Waals surface area contributed by atoms with Gasteiger partial charge in [0.05, 0.1) is 32.6 Å². The molecule has 0 rings (SSSR count). The lowest BCUT2D eigenvalue weighted by Gasteiger charge is -2.21. The molecule has 0 aromatic rings. The number of hydrogen-bond acceptors (Lipinski definition) is 6. The molecule has 0 aromatic carbocycles. The third-order valence-corrected chi connectivity index (χ3v) is 2.37. The summed E-state index contributed by atoms with van der Waals surface area (Å²) in [5.41, 5.74) is 5.23. The zero-order valence-corrected chi connectivity index (χ0v) is 14.4. The molecule has 0 aromatic heterocycles. The minimum Gasteiger partial charge on any atom is -0.444 e. The van der Waals surface area contributed by atoms with Crippen LogP contribution in [0.5, 0.6) is 0 Å². The highest BCUT2D eigenvalue weighted by molar-refractivity contribution is 5.67. The summed E-state index contributed by atoms with van der Waals surface area (Å²) in [6.45, 7) is 10.9. The summed E-state index contributed by atoms with van der Waals surface area (Å²) < 4.78 is 21.1. The van der Waals surface area contributed by atoms with E-state index in [0.29, 0.717) is 39.5 Å². The van der Waals surface area contributed by atoms with Gasteiger partial charge in [0.15, 0.2) is 0 Å². The largest absolute Gasteiger partial charge is 0.444 e. The summed E-state index contributed by atoms with van der Waals surface area (Å²) in [6, 6.07) is 0. The van der Waals surface area contributed by atoms with E-state index in [1.807, 2.05) is 0 Å². The first-order valence-electron chi connectivity index (χ1n) is 7.83. The number of rotatable bonds is 12. The number of carbonyl (C=O) groups is 1. The predicted octanol–water partition coefficient (Wildman–Crippen LogP) is 1.65. The lowest BCUT2D eigenvalue weighted by molar-refractivity contribution is 0.0127. The number of amides is 1. The first-order valence-corrected chi connectivity index (χ1v) is 7.83. The maximum atomic E-state index is 11.5. The zero-order chi connectivity index (χ0) is 16.8. The Bertz CT molecular complexity index is 282. The van der Waals surface area contributed by atoms with Crippen molar-refractivity contribution in [3.8, 4) is 0 Å². The second kappa shape index (κ2) is 12.6. The van der Waals surface area contributed by atoms with Gasteiger partial charge in [-0.3, -0.25) is 0 Å². The van der Waals surface area contributed by atoms with E-state index in [4.69, 9.17) is 24.7 Å². The summed E-state index contributed by atoms with van der Waals surface area (Å²) in [6.07, 6.45) is 0.521. The normalized spacial score (nSPS) is 13.0. The number of nitrogens with one attached hydrogen (secondary N) is 1. The van der Waals surface area contributed by atoms with E-state index >= 15 is 0 Å². The maximum absolute atomic E-state index is 11.5. The minimum atomic E-state index is -0.529. The van der Waals surface area contributed by atoms with Gasteiger partial charge in [-0.15, -0.1) is 0 Å². The molecule has 7 nitrogen and oxygen atoms in total. The van der Waals surface area contributed by atoms with Crippen LogP contribution in [0.1, 0.15) is 40.5 Å². The summed E-state index contributed by atoms with van der Waals surface area (Å²) in [7, 11) is 0. The molecular formula is C15H32N2O5. The Morgan fingerprint density at radius 3 is 2.00 bits per heavy atom. The summed E-state index contributed by atoms with van der Waals surface area (Å²) in [4.78, 5) is 11.5. The molecule has 0 fully saturated rings. The Kier molecular flexibility index (Phi) is 12.1. The van der Waals surface area contributed by atoms with Crippen molar-refractivity contribution in [2.75, 3.05) is 39.6 Å². The summed E-state index contributed by atoms with van der Waals surface area (Å²) in [5, 5.41) is 2.56. The fourth-order valence-electron chi connectivity index (χ4n) is 1.43. The van der Waals surface area contributed by atoms with Gasteiger partial charge < -0.3 is 30.0 Å². The van der Waals surface area contributed by atoms with Crippen molar-refractivity contribution >= 4 is 6.09 Å². The molecule has 0 spiro atoms. The van der Waals surface area contributed by atoms with Gasteiger partial charge >= 0.3 is 6.09 Å². The van der Waals surface area contributed by atoms with Crippen LogP contribution >= 0.6 is 0 Å². The molecule has 0 saturated carbocycles. The highest BCUT2D eigenvalue weighted by atomic mass is 16.6. The van der Waals surface area contributed by atoms with E-state index in [1.54, 1.807) is 20.8 Å². The Balaban J connectivity index is 3.38. The van der Waals surface area contributed by atoms with E-state index in [0.717, 1.165) is 13.0 Å². The molecule has 0 saturated heterocycles. The lowest BCUT2D eigenvalue weighted by Crippen LogP contribution is -2.44. The zero-order valence-electron chi connectivity index (χ0n) is 14.4. The van der Waals surface area contributed by atoms with Crippen LogP contribution in [0.4, 0.5) is 4.79 Å². The second-order valence-corrected chi connectivity index (χ2v) is 5.88. The van der Waals surface area contributed by atoms with Crippen molar-refractivity contribution in [3.63, 3.8) is 0 Å². The van der Waals surface area contributed by atoms with Crippen LogP contribution in [0.3, 0.4) is 0 Å². The van der Waals surface area contributed by atoms with Crippen LogP contribution < -0.4 is 11.1 Å². The minimum absolute atomic E-state index is 0.451. The summed E-state index contributed by atoms with van der Waals surface area (Å²) in [5.74, 6) is 0. The molecule has 132 valence electrons. The van der Waals surface area contributed by atoms with Crippen LogP contribution in [-0.2, 0) is 18.9 Å². The lowest BCUT2D eigenvalue weighted by atomic mass is 10.2. The smallest absolute Gasteiger partial charge is 0.408 e. The first-order chi connectivity index (χ1) is 10.3. The molecule has 0 heterocycles. The van der Waals surface area contributed by atoms with E-state index in [9.17, 15) is 4.79 Å². The SMILES string of the molecule is CCCOCCOCCOCCC(N)NC(=O)OC(C)(C)C. The van der Waals surface area contributed by atoms with Crippen molar-refractivity contribution in [1.29, 1.82) is 0 Å². The van der Waals surface area contributed by atoms with E-state index in [2.05, 4.69) is 12.2 Å². The molecule has 0 aliphatic rings. The molecular weight excluding hydrogens is 288 g/mol. The van der Waals surface area contributed by atoms with Crippen molar-refractivity contribution < 1.29 is 23.7 Å². The van der Waals surface area contributed by atoms with Crippen LogP contribution in [0.2, 0.25) is 0 Å². The number of carbonyl (C=O) groups excluding carboxylic acids is 1. The average molecular weight is 320 g/mol. The Hall–Kier alpha value is -0.890. The standard InChI is InChI=1S/C15H32N2O5/c1-5-7-19-9-11-21-12-10-20-8-6-13(16)17-14(18)22-15(2,3)4/h13H,5-12,16H2,1-4H3,(H,17,18). The van der Waals surface area contributed by atoms with E-state index < -0.39 is 17.9 Å². The van der Waals surface area contributed by atoms with Gasteiger partial charge in [0.25, 0.3) is 0 Å². The number of alkyl carbamates (subject to hydrolysis) is 1. The topological polar surface area (TPSA) is 92.0 Å². The van der Waals surface area contributed by atoms with Crippen molar-refractivity contribution in [3.05, 3.63) is 0 Å². The quantitative estimate of drug-likeness (QED) is 0.419. The van der Waals surface area contributed by atoms with Gasteiger partial charge in [-0.25, -0.2) is 4.79 Å². The number of nitrogens with two attached hydrogens (primary N) is 1. The second-order valence-electron chi connectivity index (χ2n) is 5.88. The molecule has 3 N–H and O–H groups in total. The fraction of sp³-hybridized carbons (Fsp3) is 0.933. The molecule has 22 heavy (non-hydrogen) atoms. The van der Waals surface area contributed by atoms with Crippen molar-refractivity contribution in [1.82, 2.24) is 5.32 Å². The Morgan fingerprint density at radius 1 is 1.00 bits per heavy atom. The maximum Gasteiger partial charge on any atom is 0.408 e. The van der Waals surface area contributed by atoms with Gasteiger partial charge in [-0.05, 0) is 27.2 Å². The molecule has 0 bridgehead atoms. The Labute approximate surface area is 133 Å². The van der Waals surface area contributed by atoms with Gasteiger partial charge in [0, 0.05) is 19.6 Å². The van der Waals surface area contributed by atoms with Crippen LogP contribution in [0, 0.1) is 0 Å². The van der Waals surface area contributed by atoms with Gasteiger partial charge in [0.1, 0.15) is 5.60 Å². The monoisotopic (exact) mass is 320 g/mol. The summed E-state index contributed by atoms with van der Waals surface area (Å²) >= 11 is 0. The number of ether oxygens (including phenoxy) is 4.